The van der Waals surface area contributed by atoms with Crippen LogP contribution in [-0.2, 0) is 5.60 Å². The van der Waals surface area contributed by atoms with Gasteiger partial charge in [0.1, 0.15) is 5.75 Å². The van der Waals surface area contributed by atoms with Crippen molar-refractivity contribution in [2.45, 2.75) is 39.3 Å². The summed E-state index contributed by atoms with van der Waals surface area (Å²) in [6, 6.07) is 7.97. The highest BCUT2D eigenvalue weighted by Gasteiger charge is 2.22. The molecule has 96 valence electrons. The summed E-state index contributed by atoms with van der Waals surface area (Å²) in [4.78, 5) is 0. The first-order chi connectivity index (χ1) is 7.95. The van der Waals surface area contributed by atoms with Crippen LogP contribution in [0.15, 0.2) is 24.3 Å². The average Bonchev–Trinajstić information content (AvgIpc) is 2.28. The van der Waals surface area contributed by atoms with E-state index in [9.17, 15) is 5.11 Å². The molecule has 1 aromatic carbocycles. The van der Waals surface area contributed by atoms with E-state index in [1.165, 1.54) is 0 Å². The molecule has 3 nitrogen and oxygen atoms in total. The van der Waals surface area contributed by atoms with Crippen LogP contribution in [0.3, 0.4) is 0 Å². The Morgan fingerprint density at radius 3 is 2.35 bits per heavy atom. The van der Waals surface area contributed by atoms with Crippen molar-refractivity contribution in [3.05, 3.63) is 29.8 Å². The van der Waals surface area contributed by atoms with Gasteiger partial charge in [0, 0.05) is 12.6 Å². The molecule has 0 spiro atoms. The molecular weight excluding hydrogens is 214 g/mol. The van der Waals surface area contributed by atoms with Crippen molar-refractivity contribution in [3.8, 4) is 5.75 Å². The van der Waals surface area contributed by atoms with Gasteiger partial charge in [-0.2, -0.15) is 0 Å². The predicted molar refractivity (Wildman–Crippen MR) is 70.3 cm³/mol. The Kier molecular flexibility index (Phi) is 4.97. The Bertz CT molecular complexity index is 331. The fourth-order valence-corrected chi connectivity index (χ4v) is 1.58. The SMILES string of the molecule is CCOc1ccc(C(C)(O)CNC(C)C)cc1. The van der Waals surface area contributed by atoms with E-state index in [0.29, 0.717) is 19.2 Å². The maximum atomic E-state index is 10.4. The first-order valence-corrected chi connectivity index (χ1v) is 6.15. The van der Waals surface area contributed by atoms with Gasteiger partial charge >= 0.3 is 0 Å². The highest BCUT2D eigenvalue weighted by Crippen LogP contribution is 2.22. The molecular formula is C14H23NO2. The van der Waals surface area contributed by atoms with Gasteiger partial charge in [0.15, 0.2) is 0 Å². The van der Waals surface area contributed by atoms with Gasteiger partial charge in [0.25, 0.3) is 0 Å². The number of rotatable bonds is 6. The molecule has 0 aliphatic rings. The monoisotopic (exact) mass is 237 g/mol. The first kappa shape index (κ1) is 14.0. The Balaban J connectivity index is 2.70. The molecule has 0 saturated heterocycles. The van der Waals surface area contributed by atoms with Gasteiger partial charge in [0.2, 0.25) is 0 Å². The lowest BCUT2D eigenvalue weighted by atomic mass is 9.95. The van der Waals surface area contributed by atoms with E-state index in [4.69, 9.17) is 4.74 Å². The third-order valence-corrected chi connectivity index (χ3v) is 2.64. The molecule has 0 heterocycles. The van der Waals surface area contributed by atoms with Gasteiger partial charge in [-0.15, -0.1) is 0 Å². The van der Waals surface area contributed by atoms with Crippen molar-refractivity contribution in [1.82, 2.24) is 5.32 Å². The summed E-state index contributed by atoms with van der Waals surface area (Å²) < 4.78 is 5.37. The standard InChI is InChI=1S/C14H23NO2/c1-5-17-13-8-6-12(7-9-13)14(4,16)10-15-11(2)3/h6-9,11,15-16H,5,10H2,1-4H3. The largest absolute Gasteiger partial charge is 0.494 e. The Labute approximate surface area is 104 Å². The van der Waals surface area contributed by atoms with Crippen LogP contribution < -0.4 is 10.1 Å². The highest BCUT2D eigenvalue weighted by atomic mass is 16.5. The average molecular weight is 237 g/mol. The predicted octanol–water partition coefficient (Wildman–Crippen LogP) is 2.29. The summed E-state index contributed by atoms with van der Waals surface area (Å²) in [5, 5.41) is 13.6. The summed E-state index contributed by atoms with van der Waals surface area (Å²) in [6.45, 7) is 9.10. The second-order valence-corrected chi connectivity index (χ2v) is 4.77. The fraction of sp³-hybridized carbons (Fsp3) is 0.571. The van der Waals surface area contributed by atoms with E-state index in [1.54, 1.807) is 0 Å². The molecule has 3 heteroatoms. The van der Waals surface area contributed by atoms with Gasteiger partial charge < -0.3 is 15.2 Å². The molecule has 0 aromatic heterocycles. The maximum absolute atomic E-state index is 10.4. The van der Waals surface area contributed by atoms with E-state index in [0.717, 1.165) is 11.3 Å². The van der Waals surface area contributed by atoms with Gasteiger partial charge in [-0.1, -0.05) is 26.0 Å². The number of hydrogen-bond acceptors (Lipinski definition) is 3. The van der Waals surface area contributed by atoms with Gasteiger partial charge in [0.05, 0.1) is 12.2 Å². The van der Waals surface area contributed by atoms with Crippen LogP contribution in [0.5, 0.6) is 5.75 Å². The van der Waals surface area contributed by atoms with Gasteiger partial charge in [-0.25, -0.2) is 0 Å². The molecule has 0 bridgehead atoms. The number of nitrogens with one attached hydrogen (secondary N) is 1. The fourth-order valence-electron chi connectivity index (χ4n) is 1.58. The molecule has 1 unspecified atom stereocenters. The smallest absolute Gasteiger partial charge is 0.119 e. The Morgan fingerprint density at radius 2 is 1.88 bits per heavy atom. The van der Waals surface area contributed by atoms with E-state index < -0.39 is 5.60 Å². The molecule has 0 fully saturated rings. The van der Waals surface area contributed by atoms with E-state index in [2.05, 4.69) is 19.2 Å². The molecule has 1 aromatic rings. The molecule has 2 N–H and O–H groups in total. The molecule has 0 aliphatic carbocycles. The van der Waals surface area contributed by atoms with Crippen molar-refractivity contribution in [2.24, 2.45) is 0 Å². The topological polar surface area (TPSA) is 41.5 Å². The minimum Gasteiger partial charge on any atom is -0.494 e. The van der Waals surface area contributed by atoms with Crippen LogP contribution in [-0.4, -0.2) is 24.3 Å². The van der Waals surface area contributed by atoms with Crippen molar-refractivity contribution in [1.29, 1.82) is 0 Å². The molecule has 0 amide bonds. The highest BCUT2D eigenvalue weighted by molar-refractivity contribution is 5.30. The minimum atomic E-state index is -0.852. The molecule has 0 radical (unpaired) electrons. The Morgan fingerprint density at radius 1 is 1.29 bits per heavy atom. The second-order valence-electron chi connectivity index (χ2n) is 4.77. The van der Waals surface area contributed by atoms with Crippen LogP contribution in [0, 0.1) is 0 Å². The lowest BCUT2D eigenvalue weighted by Crippen LogP contribution is -2.38. The second kappa shape index (κ2) is 6.03. The van der Waals surface area contributed by atoms with Crippen LogP contribution in [0.1, 0.15) is 33.3 Å². The molecule has 0 aliphatic heterocycles. The number of aliphatic hydroxyl groups is 1. The number of benzene rings is 1. The van der Waals surface area contributed by atoms with Crippen LogP contribution in [0.4, 0.5) is 0 Å². The lowest BCUT2D eigenvalue weighted by Gasteiger charge is -2.25. The maximum Gasteiger partial charge on any atom is 0.119 e. The van der Waals surface area contributed by atoms with Crippen molar-refractivity contribution < 1.29 is 9.84 Å². The minimum absolute atomic E-state index is 0.365. The van der Waals surface area contributed by atoms with E-state index in [-0.39, 0.29) is 0 Å². The normalized spacial score (nSPS) is 14.7. The van der Waals surface area contributed by atoms with Gasteiger partial charge in [-0.05, 0) is 31.5 Å². The lowest BCUT2D eigenvalue weighted by molar-refractivity contribution is 0.0549. The summed E-state index contributed by atoms with van der Waals surface area (Å²) in [6.07, 6.45) is 0. The number of hydrogen-bond donors (Lipinski definition) is 2. The van der Waals surface area contributed by atoms with Gasteiger partial charge in [-0.3, -0.25) is 0 Å². The quantitative estimate of drug-likeness (QED) is 0.797. The molecule has 1 rings (SSSR count). The summed E-state index contributed by atoms with van der Waals surface area (Å²) in [7, 11) is 0. The Hall–Kier alpha value is -1.06. The van der Waals surface area contributed by atoms with Crippen molar-refractivity contribution in [2.75, 3.05) is 13.2 Å². The third kappa shape index (κ3) is 4.36. The molecule has 0 saturated carbocycles. The summed E-state index contributed by atoms with van der Waals surface area (Å²) in [5.74, 6) is 0.837. The van der Waals surface area contributed by atoms with Crippen LogP contribution >= 0.6 is 0 Å². The molecule has 1 atom stereocenters. The van der Waals surface area contributed by atoms with E-state index >= 15 is 0 Å². The van der Waals surface area contributed by atoms with Crippen molar-refractivity contribution in [3.63, 3.8) is 0 Å². The zero-order valence-electron chi connectivity index (χ0n) is 11.2. The molecule has 17 heavy (non-hydrogen) atoms. The zero-order valence-corrected chi connectivity index (χ0v) is 11.2. The number of ether oxygens (including phenoxy) is 1. The summed E-state index contributed by atoms with van der Waals surface area (Å²) in [5.41, 5.74) is 0.0451. The van der Waals surface area contributed by atoms with Crippen molar-refractivity contribution >= 4 is 0 Å². The first-order valence-electron chi connectivity index (χ1n) is 6.15. The van der Waals surface area contributed by atoms with E-state index in [1.807, 2.05) is 38.1 Å². The third-order valence-electron chi connectivity index (χ3n) is 2.64. The van der Waals surface area contributed by atoms with Crippen LogP contribution in [0.25, 0.3) is 0 Å². The van der Waals surface area contributed by atoms with Crippen LogP contribution in [0.2, 0.25) is 0 Å². The summed E-state index contributed by atoms with van der Waals surface area (Å²) >= 11 is 0. The zero-order chi connectivity index (χ0) is 12.9.